The molecule has 1 N–H and O–H groups in total. The van der Waals surface area contributed by atoms with Crippen LogP contribution in [0, 0.1) is 0 Å². The van der Waals surface area contributed by atoms with E-state index in [0.29, 0.717) is 5.54 Å². The molecule has 0 aliphatic carbocycles. The lowest BCUT2D eigenvalue weighted by molar-refractivity contribution is -0.0858. The molecule has 0 bridgehead atoms. The number of piperidine rings is 1. The van der Waals surface area contributed by atoms with E-state index in [1.807, 2.05) is 0 Å². The van der Waals surface area contributed by atoms with Gasteiger partial charge in [0.1, 0.15) is 0 Å². The minimum atomic E-state index is 0.429. The second-order valence-corrected chi connectivity index (χ2v) is 3.16. The van der Waals surface area contributed by atoms with E-state index in [2.05, 4.69) is 5.32 Å². The lowest BCUT2D eigenvalue weighted by atomic mass is 9.87. The molecule has 0 saturated carbocycles. The van der Waals surface area contributed by atoms with Crippen molar-refractivity contribution in [1.82, 2.24) is 5.32 Å². The largest absolute Gasteiger partial charge is 0.377 e. The Hall–Kier alpha value is -0.0800. The van der Waals surface area contributed by atoms with Crippen LogP contribution in [0.15, 0.2) is 0 Å². The summed E-state index contributed by atoms with van der Waals surface area (Å²) in [5, 5.41) is 3.51. The first-order valence-corrected chi connectivity index (χ1v) is 3.74. The van der Waals surface area contributed by atoms with E-state index in [0.717, 1.165) is 13.2 Å². The Balaban J connectivity index is 1.93. The number of rotatable bonds is 0. The Morgan fingerprint density at radius 1 is 1.22 bits per heavy atom. The molecule has 0 atom stereocenters. The fraction of sp³-hybridized carbons (Fsp3) is 1.00. The average molecular weight is 127 g/mol. The van der Waals surface area contributed by atoms with Crippen molar-refractivity contribution in [2.24, 2.45) is 0 Å². The molecule has 2 aliphatic rings. The molecule has 2 heteroatoms. The summed E-state index contributed by atoms with van der Waals surface area (Å²) in [5.74, 6) is 0. The summed E-state index contributed by atoms with van der Waals surface area (Å²) < 4.78 is 5.15. The van der Waals surface area contributed by atoms with Crippen LogP contribution in [0.5, 0.6) is 0 Å². The van der Waals surface area contributed by atoms with E-state index in [4.69, 9.17) is 4.74 Å². The number of hydrogen-bond acceptors (Lipinski definition) is 2. The standard InChI is InChI=1S/C7H13NO/c1-2-4-8-7(3-1)5-9-6-7/h8H,1-6H2. The van der Waals surface area contributed by atoms with E-state index in [1.54, 1.807) is 0 Å². The molecule has 0 amide bonds. The minimum absolute atomic E-state index is 0.429. The zero-order chi connectivity index (χ0) is 6.16. The number of nitrogens with one attached hydrogen (secondary N) is 1. The maximum Gasteiger partial charge on any atom is 0.0671 e. The smallest absolute Gasteiger partial charge is 0.0671 e. The van der Waals surface area contributed by atoms with Crippen LogP contribution in [0.1, 0.15) is 19.3 Å². The monoisotopic (exact) mass is 127 g/mol. The average Bonchev–Trinajstić information content (AvgIpc) is 1.87. The first-order chi connectivity index (χ1) is 4.41. The Morgan fingerprint density at radius 3 is 2.44 bits per heavy atom. The Morgan fingerprint density at radius 2 is 2.11 bits per heavy atom. The SMILES string of the molecule is C1CCC2(COC2)NC1. The molecule has 2 nitrogen and oxygen atoms in total. The van der Waals surface area contributed by atoms with Crippen molar-refractivity contribution in [3.8, 4) is 0 Å². The van der Waals surface area contributed by atoms with Crippen molar-refractivity contribution in [1.29, 1.82) is 0 Å². The third kappa shape index (κ3) is 0.864. The van der Waals surface area contributed by atoms with Gasteiger partial charge in [-0.1, -0.05) is 6.42 Å². The predicted molar refractivity (Wildman–Crippen MR) is 35.4 cm³/mol. The molecule has 0 aromatic heterocycles. The molecular formula is C7H13NO. The van der Waals surface area contributed by atoms with Crippen molar-refractivity contribution in [3.63, 3.8) is 0 Å². The van der Waals surface area contributed by atoms with E-state index >= 15 is 0 Å². The fourth-order valence-corrected chi connectivity index (χ4v) is 1.63. The molecule has 0 unspecified atom stereocenters. The third-order valence-electron chi connectivity index (χ3n) is 2.34. The maximum absolute atomic E-state index is 5.15. The molecule has 9 heavy (non-hydrogen) atoms. The van der Waals surface area contributed by atoms with Crippen molar-refractivity contribution in [2.75, 3.05) is 19.8 Å². The van der Waals surface area contributed by atoms with Crippen molar-refractivity contribution in [3.05, 3.63) is 0 Å². The normalized spacial score (nSPS) is 32.0. The van der Waals surface area contributed by atoms with E-state index in [1.165, 1.54) is 25.8 Å². The fourth-order valence-electron chi connectivity index (χ4n) is 1.63. The van der Waals surface area contributed by atoms with Crippen LogP contribution in [0.2, 0.25) is 0 Å². The molecule has 1 spiro atoms. The molecule has 0 radical (unpaired) electrons. The lowest BCUT2D eigenvalue weighted by Crippen LogP contribution is -2.62. The van der Waals surface area contributed by atoms with Crippen LogP contribution >= 0.6 is 0 Å². The van der Waals surface area contributed by atoms with Crippen LogP contribution < -0.4 is 5.32 Å². The van der Waals surface area contributed by atoms with Gasteiger partial charge in [0.2, 0.25) is 0 Å². The zero-order valence-electron chi connectivity index (χ0n) is 5.65. The van der Waals surface area contributed by atoms with Crippen LogP contribution in [0.25, 0.3) is 0 Å². The van der Waals surface area contributed by atoms with Crippen LogP contribution in [-0.4, -0.2) is 25.3 Å². The summed E-state index contributed by atoms with van der Waals surface area (Å²) in [6.45, 7) is 3.10. The van der Waals surface area contributed by atoms with Crippen molar-refractivity contribution in [2.45, 2.75) is 24.8 Å². The highest BCUT2D eigenvalue weighted by atomic mass is 16.5. The molecule has 52 valence electrons. The first kappa shape index (κ1) is 5.69. The quantitative estimate of drug-likeness (QED) is 0.512. The summed E-state index contributed by atoms with van der Waals surface area (Å²) >= 11 is 0. The van der Waals surface area contributed by atoms with Gasteiger partial charge in [-0.2, -0.15) is 0 Å². The van der Waals surface area contributed by atoms with Gasteiger partial charge in [-0.05, 0) is 19.4 Å². The van der Waals surface area contributed by atoms with Gasteiger partial charge in [-0.25, -0.2) is 0 Å². The van der Waals surface area contributed by atoms with Crippen LogP contribution in [-0.2, 0) is 4.74 Å². The predicted octanol–water partition coefficient (Wildman–Crippen LogP) is 0.529. The molecule has 0 aromatic carbocycles. The minimum Gasteiger partial charge on any atom is -0.377 e. The van der Waals surface area contributed by atoms with Crippen LogP contribution in [0.4, 0.5) is 0 Å². The highest BCUT2D eigenvalue weighted by molar-refractivity contribution is 4.96. The summed E-state index contributed by atoms with van der Waals surface area (Å²) in [5.41, 5.74) is 0.429. The van der Waals surface area contributed by atoms with Crippen molar-refractivity contribution >= 4 is 0 Å². The van der Waals surface area contributed by atoms with E-state index < -0.39 is 0 Å². The van der Waals surface area contributed by atoms with Gasteiger partial charge in [-0.3, -0.25) is 0 Å². The highest BCUT2D eigenvalue weighted by Crippen LogP contribution is 2.26. The lowest BCUT2D eigenvalue weighted by Gasteiger charge is -2.45. The third-order valence-corrected chi connectivity index (χ3v) is 2.34. The molecule has 0 aromatic rings. The second-order valence-electron chi connectivity index (χ2n) is 3.16. The number of ether oxygens (including phenoxy) is 1. The maximum atomic E-state index is 5.15. The summed E-state index contributed by atoms with van der Waals surface area (Å²) in [4.78, 5) is 0. The summed E-state index contributed by atoms with van der Waals surface area (Å²) in [6, 6.07) is 0. The van der Waals surface area contributed by atoms with Gasteiger partial charge in [-0.15, -0.1) is 0 Å². The molecule has 2 aliphatic heterocycles. The Labute approximate surface area is 55.6 Å². The Bertz CT molecular complexity index is 101. The van der Waals surface area contributed by atoms with Crippen molar-refractivity contribution < 1.29 is 4.74 Å². The van der Waals surface area contributed by atoms with Gasteiger partial charge >= 0.3 is 0 Å². The molecular weight excluding hydrogens is 114 g/mol. The second kappa shape index (κ2) is 1.96. The van der Waals surface area contributed by atoms with Crippen LogP contribution in [0.3, 0.4) is 0 Å². The number of hydrogen-bond donors (Lipinski definition) is 1. The van der Waals surface area contributed by atoms with Gasteiger partial charge in [0.25, 0.3) is 0 Å². The van der Waals surface area contributed by atoms with Gasteiger partial charge in [0.15, 0.2) is 0 Å². The summed E-state index contributed by atoms with van der Waals surface area (Å²) in [6.07, 6.45) is 4.06. The molecule has 2 rings (SSSR count). The first-order valence-electron chi connectivity index (χ1n) is 3.74. The van der Waals surface area contributed by atoms with E-state index in [-0.39, 0.29) is 0 Å². The molecule has 2 fully saturated rings. The van der Waals surface area contributed by atoms with Gasteiger partial charge in [0.05, 0.1) is 18.8 Å². The van der Waals surface area contributed by atoms with Gasteiger partial charge in [0, 0.05) is 0 Å². The van der Waals surface area contributed by atoms with E-state index in [9.17, 15) is 0 Å². The topological polar surface area (TPSA) is 21.3 Å². The highest BCUT2D eigenvalue weighted by Gasteiger charge is 2.38. The van der Waals surface area contributed by atoms with Gasteiger partial charge < -0.3 is 10.1 Å². The molecule has 2 heterocycles. The zero-order valence-corrected chi connectivity index (χ0v) is 5.65. The molecule has 2 saturated heterocycles. The summed E-state index contributed by atoms with van der Waals surface area (Å²) in [7, 11) is 0. The Kier molecular flexibility index (Phi) is 1.24.